The molecule has 0 spiro atoms. The summed E-state index contributed by atoms with van der Waals surface area (Å²) in [5.41, 5.74) is 2.71. The van der Waals surface area contributed by atoms with Crippen LogP contribution in [0.25, 0.3) is 0 Å². The highest BCUT2D eigenvalue weighted by Crippen LogP contribution is 2.32. The molecule has 1 atom stereocenters. The Morgan fingerprint density at radius 1 is 1.10 bits per heavy atom. The third kappa shape index (κ3) is 2.82. The van der Waals surface area contributed by atoms with Crippen molar-refractivity contribution in [3.05, 3.63) is 70.2 Å². The molecule has 2 aromatic rings. The number of rotatable bonds is 3. The minimum Gasteiger partial charge on any atom is -0.297 e. The number of ketones is 1. The van der Waals surface area contributed by atoms with Gasteiger partial charge in [0.2, 0.25) is 0 Å². The van der Waals surface area contributed by atoms with Gasteiger partial charge in [0.05, 0.1) is 30.8 Å². The number of halogens is 1. The molecule has 0 N–H and O–H groups in total. The van der Waals surface area contributed by atoms with E-state index in [1.165, 1.54) is 0 Å². The van der Waals surface area contributed by atoms with E-state index in [0.29, 0.717) is 23.7 Å². The van der Waals surface area contributed by atoms with Gasteiger partial charge in [0.25, 0.3) is 0 Å². The Balaban J connectivity index is 2.01. The van der Waals surface area contributed by atoms with Gasteiger partial charge in [-0.2, -0.15) is 5.26 Å². The van der Waals surface area contributed by atoms with E-state index in [9.17, 15) is 4.79 Å². The number of carbonyl (C=O) groups is 1. The van der Waals surface area contributed by atoms with E-state index in [1.54, 1.807) is 6.07 Å². The molecule has 3 nitrogen and oxygen atoms in total. The highest BCUT2D eigenvalue weighted by Gasteiger charge is 2.32. The Hall–Kier alpha value is -2.15. The molecule has 3 rings (SSSR count). The quantitative estimate of drug-likeness (QED) is 0.874. The van der Waals surface area contributed by atoms with E-state index in [2.05, 4.69) is 11.0 Å². The van der Waals surface area contributed by atoms with Crippen molar-refractivity contribution in [1.29, 1.82) is 5.26 Å². The summed E-state index contributed by atoms with van der Waals surface area (Å²) in [6.07, 6.45) is 0. The molecule has 21 heavy (non-hydrogen) atoms. The summed E-state index contributed by atoms with van der Waals surface area (Å²) >= 11 is 5.95. The van der Waals surface area contributed by atoms with E-state index >= 15 is 0 Å². The Bertz CT molecular complexity index is 710. The van der Waals surface area contributed by atoms with Crippen molar-refractivity contribution in [3.8, 4) is 6.07 Å². The first kappa shape index (κ1) is 13.8. The maximum Gasteiger partial charge on any atom is 0.160 e. The molecule has 0 aliphatic carbocycles. The molecule has 1 heterocycles. The summed E-state index contributed by atoms with van der Waals surface area (Å²) < 4.78 is 0. The first-order valence-corrected chi connectivity index (χ1v) is 7.06. The van der Waals surface area contributed by atoms with Crippen LogP contribution in [0.15, 0.2) is 48.5 Å². The number of Topliss-reactive ketones (excluding diaryl/α,β-unsaturated/α-hetero) is 1. The predicted octanol–water partition coefficient (Wildman–Crippen LogP) is 3.19. The molecule has 104 valence electrons. The van der Waals surface area contributed by atoms with Gasteiger partial charge in [0, 0.05) is 5.02 Å². The third-order valence-corrected chi connectivity index (χ3v) is 3.89. The molecule has 0 radical (unpaired) electrons. The first-order valence-electron chi connectivity index (χ1n) is 6.68. The number of nitriles is 1. The summed E-state index contributed by atoms with van der Waals surface area (Å²) in [4.78, 5) is 13.4. The Labute approximate surface area is 128 Å². The lowest BCUT2D eigenvalue weighted by Gasteiger charge is -2.37. The van der Waals surface area contributed by atoms with Gasteiger partial charge in [-0.1, -0.05) is 35.9 Å². The molecule has 2 aromatic carbocycles. The maximum absolute atomic E-state index is 11.3. The third-order valence-electron chi connectivity index (χ3n) is 3.64. The lowest BCUT2D eigenvalue weighted by molar-refractivity contribution is -0.130. The Morgan fingerprint density at radius 3 is 2.43 bits per heavy atom. The van der Waals surface area contributed by atoms with Crippen LogP contribution in [0.1, 0.15) is 22.7 Å². The SMILES string of the molecule is N#Cc1cccc(C(c2ccc(Cl)cc2)N2CC(=O)C2)c1. The number of hydrogen-bond acceptors (Lipinski definition) is 3. The standard InChI is InChI=1S/C17H13ClN2O/c18-15-6-4-13(5-7-15)17(20-10-16(21)11-20)14-3-1-2-12(8-14)9-19/h1-8,17H,10-11H2. The largest absolute Gasteiger partial charge is 0.297 e. The van der Waals surface area contributed by atoms with Crippen LogP contribution in [0.4, 0.5) is 0 Å². The minimum absolute atomic E-state index is 0.0201. The summed E-state index contributed by atoms with van der Waals surface area (Å²) in [6.45, 7) is 0.897. The number of carbonyl (C=O) groups excluding carboxylic acids is 1. The van der Waals surface area contributed by atoms with Gasteiger partial charge in [-0.15, -0.1) is 0 Å². The van der Waals surface area contributed by atoms with Crippen LogP contribution in [0.2, 0.25) is 5.02 Å². The van der Waals surface area contributed by atoms with Gasteiger partial charge in [-0.05, 0) is 35.4 Å². The number of hydrogen-bond donors (Lipinski definition) is 0. The van der Waals surface area contributed by atoms with E-state index in [-0.39, 0.29) is 11.8 Å². The molecular formula is C17H13ClN2O. The molecule has 1 fully saturated rings. The van der Waals surface area contributed by atoms with Crippen molar-refractivity contribution >= 4 is 17.4 Å². The molecule has 1 aliphatic heterocycles. The lowest BCUT2D eigenvalue weighted by Crippen LogP contribution is -2.49. The zero-order valence-electron chi connectivity index (χ0n) is 11.3. The van der Waals surface area contributed by atoms with Gasteiger partial charge >= 0.3 is 0 Å². The molecule has 0 aromatic heterocycles. The van der Waals surface area contributed by atoms with Crippen molar-refractivity contribution in [1.82, 2.24) is 4.90 Å². The van der Waals surface area contributed by atoms with Crippen LogP contribution in [0.5, 0.6) is 0 Å². The Kier molecular flexibility index (Phi) is 3.74. The van der Waals surface area contributed by atoms with Crippen LogP contribution < -0.4 is 0 Å². The minimum atomic E-state index is -0.0201. The fourth-order valence-corrected chi connectivity index (χ4v) is 2.75. The monoisotopic (exact) mass is 296 g/mol. The molecular weight excluding hydrogens is 284 g/mol. The van der Waals surface area contributed by atoms with Crippen molar-refractivity contribution in [2.24, 2.45) is 0 Å². The van der Waals surface area contributed by atoms with Crippen LogP contribution in [0.3, 0.4) is 0 Å². The van der Waals surface area contributed by atoms with Gasteiger partial charge in [0.1, 0.15) is 0 Å². The van der Waals surface area contributed by atoms with Gasteiger partial charge < -0.3 is 0 Å². The van der Waals surface area contributed by atoms with Crippen LogP contribution in [0, 0.1) is 11.3 Å². The zero-order chi connectivity index (χ0) is 14.8. The summed E-state index contributed by atoms with van der Waals surface area (Å²) in [7, 11) is 0. The normalized spacial score (nSPS) is 16.1. The smallest absolute Gasteiger partial charge is 0.160 e. The second-order valence-corrected chi connectivity index (χ2v) is 5.57. The molecule has 1 unspecified atom stereocenters. The maximum atomic E-state index is 11.3. The number of nitrogens with zero attached hydrogens (tertiary/aromatic N) is 2. The van der Waals surface area contributed by atoms with Gasteiger partial charge in [-0.25, -0.2) is 0 Å². The fourth-order valence-electron chi connectivity index (χ4n) is 2.63. The van der Waals surface area contributed by atoms with Gasteiger partial charge in [0.15, 0.2) is 5.78 Å². The van der Waals surface area contributed by atoms with Crippen LogP contribution >= 0.6 is 11.6 Å². The average molecular weight is 297 g/mol. The molecule has 0 bridgehead atoms. The molecule has 1 aliphatic rings. The predicted molar refractivity (Wildman–Crippen MR) is 81.0 cm³/mol. The van der Waals surface area contributed by atoms with Gasteiger partial charge in [-0.3, -0.25) is 9.69 Å². The lowest BCUT2D eigenvalue weighted by atomic mass is 9.93. The summed E-state index contributed by atoms with van der Waals surface area (Å²) in [5.74, 6) is 0.241. The van der Waals surface area contributed by atoms with E-state index in [1.807, 2.05) is 42.5 Å². The topological polar surface area (TPSA) is 44.1 Å². The second-order valence-electron chi connectivity index (χ2n) is 5.14. The fraction of sp³-hybridized carbons (Fsp3) is 0.176. The van der Waals surface area contributed by atoms with E-state index < -0.39 is 0 Å². The average Bonchev–Trinajstić information content (AvgIpc) is 2.48. The van der Waals surface area contributed by atoms with E-state index in [0.717, 1.165) is 11.1 Å². The summed E-state index contributed by atoms with van der Waals surface area (Å²) in [5, 5.41) is 9.75. The highest BCUT2D eigenvalue weighted by molar-refractivity contribution is 6.30. The molecule has 0 saturated carbocycles. The van der Waals surface area contributed by atoms with Crippen molar-refractivity contribution in [2.45, 2.75) is 6.04 Å². The second kappa shape index (κ2) is 5.69. The van der Waals surface area contributed by atoms with E-state index in [4.69, 9.17) is 16.9 Å². The first-order chi connectivity index (χ1) is 10.2. The summed E-state index contributed by atoms with van der Waals surface area (Å²) in [6, 6.07) is 17.3. The number of likely N-dealkylation sites (tertiary alicyclic amines) is 1. The Morgan fingerprint density at radius 2 is 1.81 bits per heavy atom. The molecule has 4 heteroatoms. The van der Waals surface area contributed by atoms with Crippen LogP contribution in [-0.4, -0.2) is 23.8 Å². The number of benzene rings is 2. The highest BCUT2D eigenvalue weighted by atomic mass is 35.5. The van der Waals surface area contributed by atoms with Crippen LogP contribution in [-0.2, 0) is 4.79 Å². The van der Waals surface area contributed by atoms with Crippen molar-refractivity contribution < 1.29 is 4.79 Å². The van der Waals surface area contributed by atoms with Crippen molar-refractivity contribution in [2.75, 3.05) is 13.1 Å². The molecule has 1 saturated heterocycles. The zero-order valence-corrected chi connectivity index (χ0v) is 12.0. The molecule has 0 amide bonds. The van der Waals surface area contributed by atoms with Crippen molar-refractivity contribution in [3.63, 3.8) is 0 Å².